The molecule has 0 aromatic carbocycles. The van der Waals surface area contributed by atoms with Crippen LogP contribution in [0.15, 0.2) is 0 Å². The lowest BCUT2D eigenvalue weighted by atomic mass is 9.99. The van der Waals surface area contributed by atoms with E-state index in [4.69, 9.17) is 14.7 Å². The molecule has 2 rings (SSSR count). The summed E-state index contributed by atoms with van der Waals surface area (Å²) in [7, 11) is 0. The lowest BCUT2D eigenvalue weighted by molar-refractivity contribution is -0.180. The fraction of sp³-hybridized carbons (Fsp3) is 0.750. The molecule has 2 aliphatic rings. The van der Waals surface area contributed by atoms with Crippen LogP contribution < -0.4 is 0 Å². The molecule has 0 aromatic rings. The number of carbonyl (C=O) groups excluding carboxylic acids is 2. The van der Waals surface area contributed by atoms with Crippen molar-refractivity contribution in [2.45, 2.75) is 38.9 Å². The van der Waals surface area contributed by atoms with Crippen LogP contribution in [0.3, 0.4) is 0 Å². The van der Waals surface area contributed by atoms with Crippen LogP contribution in [0.2, 0.25) is 0 Å². The molecule has 1 heterocycles. The topological polar surface area (TPSA) is 76.4 Å². The minimum absolute atomic E-state index is 0.0615. The molecule has 0 aromatic heterocycles. The average molecular weight is 237 g/mol. The molecule has 4 atom stereocenters. The van der Waals surface area contributed by atoms with E-state index in [1.165, 1.54) is 0 Å². The van der Waals surface area contributed by atoms with Gasteiger partial charge in [-0.3, -0.25) is 9.59 Å². The van der Waals surface area contributed by atoms with Gasteiger partial charge in [0.2, 0.25) is 0 Å². The van der Waals surface area contributed by atoms with E-state index in [0.717, 1.165) is 0 Å². The highest BCUT2D eigenvalue weighted by atomic mass is 16.6. The van der Waals surface area contributed by atoms with Crippen molar-refractivity contribution >= 4 is 11.9 Å². The molecule has 1 aliphatic heterocycles. The first-order chi connectivity index (χ1) is 8.02. The quantitative estimate of drug-likeness (QED) is 0.670. The van der Waals surface area contributed by atoms with Gasteiger partial charge in [0.15, 0.2) is 6.10 Å². The van der Waals surface area contributed by atoms with E-state index in [-0.39, 0.29) is 36.1 Å². The van der Waals surface area contributed by atoms with Crippen molar-refractivity contribution in [3.8, 4) is 6.07 Å². The van der Waals surface area contributed by atoms with E-state index < -0.39 is 12.2 Å². The standard InChI is InChI=1S/C12H15NO4/c1-6(2)12(15)17-10-7-3-8(5-13)11(10)16-9(14)4-7/h6-8,10-11H,3-4H2,1-2H3. The maximum atomic E-state index is 11.6. The van der Waals surface area contributed by atoms with E-state index in [0.29, 0.717) is 6.42 Å². The molecule has 2 fully saturated rings. The maximum absolute atomic E-state index is 11.6. The third-order valence-electron chi connectivity index (χ3n) is 3.33. The second kappa shape index (κ2) is 4.36. The summed E-state index contributed by atoms with van der Waals surface area (Å²) in [6.07, 6.45) is -0.200. The van der Waals surface area contributed by atoms with Gasteiger partial charge in [0.25, 0.3) is 0 Å². The summed E-state index contributed by atoms with van der Waals surface area (Å²) in [5.41, 5.74) is 0. The summed E-state index contributed by atoms with van der Waals surface area (Å²) in [4.78, 5) is 22.8. The molecular formula is C12H15NO4. The fourth-order valence-electron chi connectivity index (χ4n) is 2.41. The van der Waals surface area contributed by atoms with Crippen LogP contribution in [-0.2, 0) is 19.1 Å². The second-order valence-corrected chi connectivity index (χ2v) is 4.95. The second-order valence-electron chi connectivity index (χ2n) is 4.95. The third kappa shape index (κ3) is 2.12. The van der Waals surface area contributed by atoms with Crippen LogP contribution in [-0.4, -0.2) is 24.1 Å². The molecule has 1 aliphatic carbocycles. The predicted octanol–water partition coefficient (Wildman–Crippen LogP) is 1.03. The number of hydrogen-bond donors (Lipinski definition) is 0. The number of esters is 2. The van der Waals surface area contributed by atoms with E-state index >= 15 is 0 Å². The SMILES string of the molecule is CC(C)C(=O)OC1C2CC(=O)OC1C(C#N)C2. The normalized spacial score (nSPS) is 35.3. The number of nitrogens with zero attached hydrogens (tertiary/aromatic N) is 1. The molecule has 0 N–H and O–H groups in total. The summed E-state index contributed by atoms with van der Waals surface area (Å²) in [5, 5.41) is 8.98. The van der Waals surface area contributed by atoms with Crippen LogP contribution in [0, 0.1) is 29.1 Å². The Bertz CT molecular complexity index is 384. The summed E-state index contributed by atoms with van der Waals surface area (Å²) >= 11 is 0. The molecule has 5 heteroatoms. The molecule has 92 valence electrons. The number of rotatable bonds is 2. The van der Waals surface area contributed by atoms with Crippen LogP contribution in [0.1, 0.15) is 26.7 Å². The van der Waals surface area contributed by atoms with E-state index in [1.54, 1.807) is 13.8 Å². The molecule has 2 bridgehead atoms. The zero-order valence-electron chi connectivity index (χ0n) is 9.88. The van der Waals surface area contributed by atoms with E-state index in [2.05, 4.69) is 6.07 Å². The van der Waals surface area contributed by atoms with Crippen molar-refractivity contribution in [3.05, 3.63) is 0 Å². The molecular weight excluding hydrogens is 222 g/mol. The number of carbonyl (C=O) groups is 2. The van der Waals surface area contributed by atoms with Gasteiger partial charge in [0.1, 0.15) is 6.10 Å². The van der Waals surface area contributed by atoms with Crippen LogP contribution >= 0.6 is 0 Å². The Hall–Kier alpha value is -1.57. The monoisotopic (exact) mass is 237 g/mol. The van der Waals surface area contributed by atoms with Gasteiger partial charge in [-0.1, -0.05) is 13.8 Å². The number of hydrogen-bond acceptors (Lipinski definition) is 5. The highest BCUT2D eigenvalue weighted by molar-refractivity contribution is 5.74. The highest BCUT2D eigenvalue weighted by Gasteiger charge is 2.52. The number of nitriles is 1. The van der Waals surface area contributed by atoms with Gasteiger partial charge < -0.3 is 9.47 Å². The van der Waals surface area contributed by atoms with Crippen LogP contribution in [0.4, 0.5) is 0 Å². The molecule has 0 spiro atoms. The first kappa shape index (κ1) is 11.9. The molecule has 17 heavy (non-hydrogen) atoms. The maximum Gasteiger partial charge on any atom is 0.308 e. The van der Waals surface area contributed by atoms with Crippen molar-refractivity contribution in [1.82, 2.24) is 0 Å². The lowest BCUT2D eigenvalue weighted by Crippen LogP contribution is -2.42. The minimum atomic E-state index is -0.575. The van der Waals surface area contributed by atoms with Crippen molar-refractivity contribution < 1.29 is 19.1 Å². The largest absolute Gasteiger partial charge is 0.458 e. The lowest BCUT2D eigenvalue weighted by Gasteiger charge is -2.29. The average Bonchev–Trinajstić information content (AvgIpc) is 2.48. The van der Waals surface area contributed by atoms with Crippen LogP contribution in [0.25, 0.3) is 0 Å². The third-order valence-corrected chi connectivity index (χ3v) is 3.33. The van der Waals surface area contributed by atoms with Gasteiger partial charge >= 0.3 is 11.9 Å². The Morgan fingerprint density at radius 1 is 1.59 bits per heavy atom. The molecule has 1 saturated heterocycles. The van der Waals surface area contributed by atoms with Gasteiger partial charge in [0.05, 0.1) is 24.3 Å². The highest BCUT2D eigenvalue weighted by Crippen LogP contribution is 2.41. The first-order valence-electron chi connectivity index (χ1n) is 5.82. The van der Waals surface area contributed by atoms with Gasteiger partial charge in [-0.25, -0.2) is 0 Å². The molecule has 0 radical (unpaired) electrons. The van der Waals surface area contributed by atoms with E-state index in [9.17, 15) is 9.59 Å². The van der Waals surface area contributed by atoms with Crippen molar-refractivity contribution in [1.29, 1.82) is 5.26 Å². The van der Waals surface area contributed by atoms with Crippen molar-refractivity contribution in [2.24, 2.45) is 17.8 Å². The molecule has 4 unspecified atom stereocenters. The van der Waals surface area contributed by atoms with Gasteiger partial charge in [-0.2, -0.15) is 5.26 Å². The van der Waals surface area contributed by atoms with Gasteiger partial charge in [-0.15, -0.1) is 0 Å². The molecule has 1 saturated carbocycles. The van der Waals surface area contributed by atoms with Crippen molar-refractivity contribution in [2.75, 3.05) is 0 Å². The van der Waals surface area contributed by atoms with Crippen molar-refractivity contribution in [3.63, 3.8) is 0 Å². The van der Waals surface area contributed by atoms with Gasteiger partial charge in [-0.05, 0) is 6.42 Å². The zero-order chi connectivity index (χ0) is 12.6. The Morgan fingerprint density at radius 3 is 2.88 bits per heavy atom. The first-order valence-corrected chi connectivity index (χ1v) is 5.82. The summed E-state index contributed by atoms with van der Waals surface area (Å²) < 4.78 is 10.5. The smallest absolute Gasteiger partial charge is 0.308 e. The Balaban J connectivity index is 2.11. The summed E-state index contributed by atoms with van der Waals surface area (Å²) in [6.45, 7) is 3.50. The Labute approximate surface area is 99.7 Å². The Kier molecular flexibility index (Phi) is 3.05. The number of ether oxygens (including phenoxy) is 2. The fourth-order valence-corrected chi connectivity index (χ4v) is 2.41. The van der Waals surface area contributed by atoms with Gasteiger partial charge in [0, 0.05) is 5.92 Å². The predicted molar refractivity (Wildman–Crippen MR) is 56.4 cm³/mol. The van der Waals surface area contributed by atoms with E-state index in [1.807, 2.05) is 0 Å². The Morgan fingerprint density at radius 2 is 2.29 bits per heavy atom. The molecule has 5 nitrogen and oxygen atoms in total. The summed E-state index contributed by atoms with van der Waals surface area (Å²) in [5.74, 6) is -1.23. The van der Waals surface area contributed by atoms with Crippen LogP contribution in [0.5, 0.6) is 0 Å². The summed E-state index contributed by atoms with van der Waals surface area (Å²) in [6, 6.07) is 2.12. The zero-order valence-corrected chi connectivity index (χ0v) is 9.88. The molecule has 0 amide bonds. The minimum Gasteiger partial charge on any atom is -0.458 e. The number of fused-ring (bicyclic) bond motifs is 2.